The van der Waals surface area contributed by atoms with Gasteiger partial charge in [0.2, 0.25) is 5.91 Å². The highest BCUT2D eigenvalue weighted by atomic mass is 16.6. The van der Waals surface area contributed by atoms with E-state index in [-0.39, 0.29) is 12.5 Å². The number of carbonyl (C=O) groups excluding carboxylic acids is 4. The molecule has 1 aromatic rings. The number of nitrogens with one attached hydrogen (secondary N) is 1. The number of Topliss-reactive ketones (excluding diaryl/α,β-unsaturated/α-hetero) is 1. The van der Waals surface area contributed by atoms with Crippen molar-refractivity contribution in [3.05, 3.63) is 29.8 Å². The molecule has 1 aromatic carbocycles. The molecule has 32 heavy (non-hydrogen) atoms. The van der Waals surface area contributed by atoms with E-state index in [1.807, 2.05) is 0 Å². The molecule has 0 aliphatic carbocycles. The number of ether oxygens (including phenoxy) is 1. The largest absolute Gasteiger partial charge is 0.443 e. The summed E-state index contributed by atoms with van der Waals surface area (Å²) in [6.07, 6.45) is 7.30. The Morgan fingerprint density at radius 2 is 1.62 bits per heavy atom. The van der Waals surface area contributed by atoms with Crippen molar-refractivity contribution in [3.8, 4) is 0 Å². The standard InChI is InChI=1S/C25H36N2O5/c1-5-6-7-8-9-10-11-16-21(29)26-17-20(28)22-18-14-12-13-15-19(18)27(23(22)30)24(31)32-25(2,3)4/h12-15,22H,5-11,16-17H2,1-4H3,(H,26,29). The number of fused-ring (bicyclic) bond motifs is 1. The molecule has 2 rings (SSSR count). The molecule has 1 unspecified atom stereocenters. The lowest BCUT2D eigenvalue weighted by molar-refractivity contribution is -0.130. The Morgan fingerprint density at radius 3 is 2.28 bits per heavy atom. The van der Waals surface area contributed by atoms with E-state index in [4.69, 9.17) is 4.74 Å². The minimum Gasteiger partial charge on any atom is -0.443 e. The molecule has 0 aromatic heterocycles. The van der Waals surface area contributed by atoms with Gasteiger partial charge in [-0.05, 0) is 38.8 Å². The molecule has 0 bridgehead atoms. The van der Waals surface area contributed by atoms with E-state index in [0.29, 0.717) is 17.7 Å². The summed E-state index contributed by atoms with van der Waals surface area (Å²) in [5.74, 6) is -2.42. The molecular weight excluding hydrogens is 408 g/mol. The van der Waals surface area contributed by atoms with Gasteiger partial charge in [-0.2, -0.15) is 0 Å². The SMILES string of the molecule is CCCCCCCCCC(=O)NCC(=O)C1C(=O)N(C(=O)OC(C)(C)C)c2ccccc21. The maximum atomic E-state index is 13.0. The summed E-state index contributed by atoms with van der Waals surface area (Å²) in [5.41, 5.74) is 0.0208. The third kappa shape index (κ3) is 7.18. The number of hydrogen-bond acceptors (Lipinski definition) is 5. The Hall–Kier alpha value is -2.70. The Morgan fingerprint density at radius 1 is 1.00 bits per heavy atom. The monoisotopic (exact) mass is 444 g/mol. The maximum Gasteiger partial charge on any atom is 0.421 e. The highest BCUT2D eigenvalue weighted by Gasteiger charge is 2.45. The Bertz CT molecular complexity index is 828. The van der Waals surface area contributed by atoms with Gasteiger partial charge in [0.05, 0.1) is 12.2 Å². The fourth-order valence-electron chi connectivity index (χ4n) is 3.74. The number of benzene rings is 1. The molecule has 7 nitrogen and oxygen atoms in total. The van der Waals surface area contributed by atoms with Gasteiger partial charge in [-0.3, -0.25) is 14.4 Å². The molecule has 0 radical (unpaired) electrons. The molecule has 0 spiro atoms. The van der Waals surface area contributed by atoms with Crippen LogP contribution in [0, 0.1) is 0 Å². The molecule has 3 amide bonds. The third-order valence-corrected chi connectivity index (χ3v) is 5.32. The van der Waals surface area contributed by atoms with E-state index < -0.39 is 29.3 Å². The van der Waals surface area contributed by atoms with E-state index in [9.17, 15) is 19.2 Å². The van der Waals surface area contributed by atoms with Crippen LogP contribution in [0.4, 0.5) is 10.5 Å². The van der Waals surface area contributed by atoms with Crippen LogP contribution in [0.5, 0.6) is 0 Å². The summed E-state index contributed by atoms with van der Waals surface area (Å²) in [6, 6.07) is 6.68. The van der Waals surface area contributed by atoms with Gasteiger partial charge in [-0.15, -0.1) is 0 Å². The minimum atomic E-state index is -1.13. The van der Waals surface area contributed by atoms with Gasteiger partial charge in [-0.25, -0.2) is 9.69 Å². The van der Waals surface area contributed by atoms with Crippen molar-refractivity contribution in [1.29, 1.82) is 0 Å². The zero-order valence-corrected chi connectivity index (χ0v) is 19.7. The smallest absolute Gasteiger partial charge is 0.421 e. The van der Waals surface area contributed by atoms with E-state index in [1.165, 1.54) is 25.7 Å². The van der Waals surface area contributed by atoms with Crippen LogP contribution in [-0.2, 0) is 19.1 Å². The zero-order chi connectivity index (χ0) is 23.7. The number of rotatable bonds is 11. The molecule has 176 valence electrons. The Labute approximate surface area is 190 Å². The molecule has 7 heteroatoms. The molecule has 0 saturated heterocycles. The average Bonchev–Trinajstić information content (AvgIpc) is 3.02. The van der Waals surface area contributed by atoms with Crippen molar-refractivity contribution in [2.75, 3.05) is 11.4 Å². The maximum absolute atomic E-state index is 13.0. The van der Waals surface area contributed by atoms with Crippen molar-refractivity contribution in [2.45, 2.75) is 90.6 Å². The molecule has 1 atom stereocenters. The first-order valence-electron chi connectivity index (χ1n) is 11.6. The summed E-state index contributed by atoms with van der Waals surface area (Å²) >= 11 is 0. The van der Waals surface area contributed by atoms with Crippen LogP contribution >= 0.6 is 0 Å². The first-order chi connectivity index (χ1) is 15.2. The zero-order valence-electron chi connectivity index (χ0n) is 19.7. The van der Waals surface area contributed by atoms with Crippen LogP contribution < -0.4 is 10.2 Å². The second kappa shape index (κ2) is 11.8. The Balaban J connectivity index is 1.91. The second-order valence-corrected chi connectivity index (χ2v) is 9.26. The summed E-state index contributed by atoms with van der Waals surface area (Å²) in [7, 11) is 0. The normalized spacial score (nSPS) is 15.4. The van der Waals surface area contributed by atoms with Crippen LogP contribution in [0.15, 0.2) is 24.3 Å². The minimum absolute atomic E-state index is 0.199. The van der Waals surface area contributed by atoms with Gasteiger partial charge in [0.25, 0.3) is 5.91 Å². The first kappa shape index (κ1) is 25.6. The van der Waals surface area contributed by atoms with Gasteiger partial charge < -0.3 is 10.1 Å². The predicted octanol–water partition coefficient (Wildman–Crippen LogP) is 4.88. The van der Waals surface area contributed by atoms with E-state index in [1.54, 1.807) is 45.0 Å². The molecular formula is C25H36N2O5. The molecule has 1 aliphatic rings. The number of imide groups is 1. The average molecular weight is 445 g/mol. The quantitative estimate of drug-likeness (QED) is 0.388. The van der Waals surface area contributed by atoms with Gasteiger partial charge >= 0.3 is 6.09 Å². The van der Waals surface area contributed by atoms with E-state index in [0.717, 1.165) is 24.2 Å². The van der Waals surface area contributed by atoms with Crippen molar-refractivity contribution in [2.24, 2.45) is 0 Å². The lowest BCUT2D eigenvalue weighted by Crippen LogP contribution is -2.42. The number of amides is 3. The predicted molar refractivity (Wildman–Crippen MR) is 124 cm³/mol. The lowest BCUT2D eigenvalue weighted by atomic mass is 9.96. The Kier molecular flexibility index (Phi) is 9.42. The molecule has 1 aliphatic heterocycles. The highest BCUT2D eigenvalue weighted by molar-refractivity contribution is 6.26. The third-order valence-electron chi connectivity index (χ3n) is 5.32. The summed E-state index contributed by atoms with van der Waals surface area (Å²) < 4.78 is 5.35. The van der Waals surface area contributed by atoms with E-state index in [2.05, 4.69) is 12.2 Å². The number of para-hydroxylation sites is 1. The van der Waals surface area contributed by atoms with Crippen LogP contribution in [0.25, 0.3) is 0 Å². The molecule has 1 heterocycles. The van der Waals surface area contributed by atoms with Crippen molar-refractivity contribution >= 4 is 29.4 Å². The van der Waals surface area contributed by atoms with Gasteiger partial charge in [-0.1, -0.05) is 63.6 Å². The topological polar surface area (TPSA) is 92.8 Å². The summed E-state index contributed by atoms with van der Waals surface area (Å²) in [5, 5.41) is 2.63. The number of unbranched alkanes of at least 4 members (excludes halogenated alkanes) is 6. The van der Waals surface area contributed by atoms with Crippen LogP contribution in [0.3, 0.4) is 0 Å². The van der Waals surface area contributed by atoms with Crippen molar-refractivity contribution in [3.63, 3.8) is 0 Å². The fourth-order valence-corrected chi connectivity index (χ4v) is 3.74. The summed E-state index contributed by atoms with van der Waals surface area (Å²) in [4.78, 5) is 51.5. The first-order valence-corrected chi connectivity index (χ1v) is 11.6. The number of hydrogen-bond donors (Lipinski definition) is 1. The molecule has 1 N–H and O–H groups in total. The highest BCUT2D eigenvalue weighted by Crippen LogP contribution is 2.38. The fraction of sp³-hybridized carbons (Fsp3) is 0.600. The molecule has 0 saturated carbocycles. The lowest BCUT2D eigenvalue weighted by Gasteiger charge is -2.24. The van der Waals surface area contributed by atoms with Gasteiger partial charge in [0, 0.05) is 6.42 Å². The number of ketones is 1. The van der Waals surface area contributed by atoms with Gasteiger partial charge in [0.15, 0.2) is 5.78 Å². The van der Waals surface area contributed by atoms with Crippen molar-refractivity contribution in [1.82, 2.24) is 5.32 Å². The van der Waals surface area contributed by atoms with Gasteiger partial charge in [0.1, 0.15) is 11.5 Å². The second-order valence-electron chi connectivity index (χ2n) is 9.26. The summed E-state index contributed by atoms with van der Waals surface area (Å²) in [6.45, 7) is 7.06. The van der Waals surface area contributed by atoms with Crippen LogP contribution in [0.2, 0.25) is 0 Å². The number of anilines is 1. The van der Waals surface area contributed by atoms with E-state index >= 15 is 0 Å². The van der Waals surface area contributed by atoms with Crippen LogP contribution in [-0.4, -0.2) is 35.8 Å². The number of nitrogens with zero attached hydrogens (tertiary/aromatic N) is 1. The van der Waals surface area contributed by atoms with Crippen molar-refractivity contribution < 1.29 is 23.9 Å². The number of carbonyl (C=O) groups is 4. The van der Waals surface area contributed by atoms with Crippen LogP contribution in [0.1, 0.15) is 90.5 Å². The molecule has 0 fully saturated rings.